The van der Waals surface area contributed by atoms with Crippen molar-refractivity contribution >= 4 is 17.5 Å². The van der Waals surface area contributed by atoms with Crippen LogP contribution in [0.15, 0.2) is 42.5 Å². The second-order valence-electron chi connectivity index (χ2n) is 8.68. The fourth-order valence-electron chi connectivity index (χ4n) is 4.63. The highest BCUT2D eigenvalue weighted by molar-refractivity contribution is 5.98. The zero-order chi connectivity index (χ0) is 21.9. The standard InChI is InChI=1S/C25H29N3O4/c29-24(23-5-2-13-31-23)26-21-4-1-3-20(16-21)25(30)28-11-9-27(10-12-28)17-18-6-7-22-19(15-18)8-14-32-22/h1,3-4,6-7,15-16,23H,2,5,8-14,17H2,(H,26,29). The highest BCUT2D eigenvalue weighted by atomic mass is 16.5. The number of nitrogens with one attached hydrogen (secondary N) is 1. The molecule has 2 saturated heterocycles. The Morgan fingerprint density at radius 2 is 1.91 bits per heavy atom. The van der Waals surface area contributed by atoms with E-state index in [1.54, 1.807) is 6.07 Å². The summed E-state index contributed by atoms with van der Waals surface area (Å²) in [7, 11) is 0. The van der Waals surface area contributed by atoms with Crippen LogP contribution in [0.1, 0.15) is 34.3 Å². The smallest absolute Gasteiger partial charge is 0.254 e. The van der Waals surface area contributed by atoms with Gasteiger partial charge in [-0.3, -0.25) is 14.5 Å². The predicted octanol–water partition coefficient (Wildman–Crippen LogP) is 2.70. The maximum absolute atomic E-state index is 13.0. The molecule has 2 aromatic rings. The second kappa shape index (κ2) is 9.30. The number of anilines is 1. The van der Waals surface area contributed by atoms with Crippen molar-refractivity contribution in [2.24, 2.45) is 0 Å². The van der Waals surface area contributed by atoms with E-state index in [4.69, 9.17) is 9.47 Å². The number of piperazine rings is 1. The minimum absolute atomic E-state index is 0.00699. The molecule has 3 aliphatic heterocycles. The summed E-state index contributed by atoms with van der Waals surface area (Å²) < 4.78 is 11.0. The fraction of sp³-hybridized carbons (Fsp3) is 0.440. The van der Waals surface area contributed by atoms with Crippen LogP contribution in [0.2, 0.25) is 0 Å². The number of carbonyl (C=O) groups is 2. The minimum atomic E-state index is -0.388. The molecule has 1 unspecified atom stereocenters. The molecule has 0 radical (unpaired) electrons. The van der Waals surface area contributed by atoms with Crippen LogP contribution < -0.4 is 10.1 Å². The third kappa shape index (κ3) is 4.64. The Morgan fingerprint density at radius 1 is 1.03 bits per heavy atom. The van der Waals surface area contributed by atoms with Gasteiger partial charge in [-0.25, -0.2) is 0 Å². The number of benzene rings is 2. The van der Waals surface area contributed by atoms with E-state index in [0.717, 1.165) is 51.3 Å². The van der Waals surface area contributed by atoms with Gasteiger partial charge in [-0.2, -0.15) is 0 Å². The maximum atomic E-state index is 13.0. The molecule has 2 fully saturated rings. The summed E-state index contributed by atoms with van der Waals surface area (Å²) in [5, 5.41) is 2.88. The lowest BCUT2D eigenvalue weighted by molar-refractivity contribution is -0.124. The van der Waals surface area contributed by atoms with Crippen LogP contribution in [-0.2, 0) is 22.5 Å². The second-order valence-corrected chi connectivity index (χ2v) is 8.68. The molecule has 0 bridgehead atoms. The van der Waals surface area contributed by atoms with E-state index in [0.29, 0.717) is 30.9 Å². The Balaban J connectivity index is 1.15. The lowest BCUT2D eigenvalue weighted by Crippen LogP contribution is -2.48. The molecule has 0 saturated carbocycles. The first kappa shape index (κ1) is 21.0. The van der Waals surface area contributed by atoms with Gasteiger partial charge in [0.25, 0.3) is 11.8 Å². The summed E-state index contributed by atoms with van der Waals surface area (Å²) in [6, 6.07) is 13.6. The number of nitrogens with zero attached hydrogens (tertiary/aromatic N) is 2. The van der Waals surface area contributed by atoms with Crippen LogP contribution in [0.3, 0.4) is 0 Å². The van der Waals surface area contributed by atoms with Crippen LogP contribution in [0.4, 0.5) is 5.69 Å². The number of carbonyl (C=O) groups excluding carboxylic acids is 2. The van der Waals surface area contributed by atoms with Crippen molar-refractivity contribution < 1.29 is 19.1 Å². The van der Waals surface area contributed by atoms with Crippen molar-refractivity contribution in [2.75, 3.05) is 44.7 Å². The van der Waals surface area contributed by atoms with E-state index < -0.39 is 0 Å². The highest BCUT2D eigenvalue weighted by Crippen LogP contribution is 2.26. The van der Waals surface area contributed by atoms with E-state index >= 15 is 0 Å². The molecule has 1 atom stereocenters. The largest absolute Gasteiger partial charge is 0.493 e. The van der Waals surface area contributed by atoms with Gasteiger partial charge >= 0.3 is 0 Å². The summed E-state index contributed by atoms with van der Waals surface area (Å²) in [6.45, 7) is 5.37. The summed E-state index contributed by atoms with van der Waals surface area (Å²) in [5.41, 5.74) is 3.82. The predicted molar refractivity (Wildman–Crippen MR) is 121 cm³/mol. The highest BCUT2D eigenvalue weighted by Gasteiger charge is 2.25. The Morgan fingerprint density at radius 3 is 2.72 bits per heavy atom. The van der Waals surface area contributed by atoms with Gasteiger partial charge in [0.2, 0.25) is 0 Å². The van der Waals surface area contributed by atoms with Gasteiger partial charge < -0.3 is 19.7 Å². The quantitative estimate of drug-likeness (QED) is 0.782. The molecule has 2 aromatic carbocycles. The van der Waals surface area contributed by atoms with Crippen molar-refractivity contribution in [3.8, 4) is 5.75 Å². The first-order valence-corrected chi connectivity index (χ1v) is 11.4. The number of hydrogen-bond acceptors (Lipinski definition) is 5. The third-order valence-electron chi connectivity index (χ3n) is 6.42. The molecule has 0 aromatic heterocycles. The molecule has 32 heavy (non-hydrogen) atoms. The minimum Gasteiger partial charge on any atom is -0.493 e. The van der Waals surface area contributed by atoms with Gasteiger partial charge in [0, 0.05) is 57.0 Å². The molecular formula is C25H29N3O4. The molecule has 3 aliphatic rings. The zero-order valence-electron chi connectivity index (χ0n) is 18.2. The van der Waals surface area contributed by atoms with Gasteiger partial charge in [-0.05, 0) is 48.2 Å². The summed E-state index contributed by atoms with van der Waals surface area (Å²) >= 11 is 0. The molecule has 7 nitrogen and oxygen atoms in total. The van der Waals surface area contributed by atoms with Crippen molar-refractivity contribution in [1.82, 2.24) is 9.80 Å². The summed E-state index contributed by atoms with van der Waals surface area (Å²) in [6.07, 6.45) is 2.25. The van der Waals surface area contributed by atoms with Crippen molar-refractivity contribution in [3.05, 3.63) is 59.2 Å². The first-order chi connectivity index (χ1) is 15.7. The van der Waals surface area contributed by atoms with E-state index in [1.165, 1.54) is 11.1 Å². The molecule has 7 heteroatoms. The van der Waals surface area contributed by atoms with Gasteiger partial charge in [0.1, 0.15) is 11.9 Å². The molecule has 1 N–H and O–H groups in total. The number of hydrogen-bond donors (Lipinski definition) is 1. The Kier molecular flexibility index (Phi) is 6.10. The van der Waals surface area contributed by atoms with Crippen molar-refractivity contribution in [3.63, 3.8) is 0 Å². The third-order valence-corrected chi connectivity index (χ3v) is 6.42. The number of fused-ring (bicyclic) bond motifs is 1. The SMILES string of the molecule is O=C(Nc1cccc(C(=O)N2CCN(Cc3ccc4c(c3)CCO4)CC2)c1)C1CCCO1. The number of rotatable bonds is 5. The Bertz CT molecular complexity index is 994. The molecule has 0 aliphatic carbocycles. The van der Waals surface area contributed by atoms with Crippen molar-refractivity contribution in [2.45, 2.75) is 31.9 Å². The summed E-state index contributed by atoms with van der Waals surface area (Å²) in [4.78, 5) is 29.6. The average molecular weight is 436 g/mol. The van der Waals surface area contributed by atoms with Gasteiger partial charge in [-0.15, -0.1) is 0 Å². The van der Waals surface area contributed by atoms with Crippen molar-refractivity contribution in [1.29, 1.82) is 0 Å². The molecule has 0 spiro atoms. The fourth-order valence-corrected chi connectivity index (χ4v) is 4.63. The Labute approximate surface area is 188 Å². The van der Waals surface area contributed by atoms with E-state index in [1.807, 2.05) is 23.1 Å². The van der Waals surface area contributed by atoms with Gasteiger partial charge in [-0.1, -0.05) is 18.2 Å². The van der Waals surface area contributed by atoms with Gasteiger partial charge in [0.15, 0.2) is 0 Å². The Hall–Kier alpha value is -2.90. The van der Waals surface area contributed by atoms with E-state index in [-0.39, 0.29) is 17.9 Å². The molecular weight excluding hydrogens is 406 g/mol. The van der Waals surface area contributed by atoms with Crippen LogP contribution in [0.5, 0.6) is 5.75 Å². The molecule has 3 heterocycles. The first-order valence-electron chi connectivity index (χ1n) is 11.4. The van der Waals surface area contributed by atoms with Crippen LogP contribution in [0.25, 0.3) is 0 Å². The molecule has 5 rings (SSSR count). The lowest BCUT2D eigenvalue weighted by atomic mass is 10.1. The van der Waals surface area contributed by atoms with Crippen LogP contribution >= 0.6 is 0 Å². The van der Waals surface area contributed by atoms with E-state index in [9.17, 15) is 9.59 Å². The number of amides is 2. The van der Waals surface area contributed by atoms with E-state index in [2.05, 4.69) is 28.4 Å². The maximum Gasteiger partial charge on any atom is 0.254 e. The zero-order valence-corrected chi connectivity index (χ0v) is 18.2. The monoisotopic (exact) mass is 435 g/mol. The number of ether oxygens (including phenoxy) is 2. The lowest BCUT2D eigenvalue weighted by Gasteiger charge is -2.35. The van der Waals surface area contributed by atoms with Gasteiger partial charge in [0.05, 0.1) is 6.61 Å². The normalized spacial score (nSPS) is 20.6. The molecule has 168 valence electrons. The average Bonchev–Trinajstić information content (AvgIpc) is 3.51. The summed E-state index contributed by atoms with van der Waals surface area (Å²) in [5.74, 6) is 0.879. The van der Waals surface area contributed by atoms with Crippen LogP contribution in [-0.4, -0.2) is 67.1 Å². The molecule has 2 amide bonds. The van der Waals surface area contributed by atoms with Crippen LogP contribution in [0, 0.1) is 0 Å². The topological polar surface area (TPSA) is 71.1 Å².